The molecule has 110 valence electrons. The van der Waals surface area contributed by atoms with Gasteiger partial charge in [-0.1, -0.05) is 0 Å². The molecule has 0 aliphatic heterocycles. The lowest BCUT2D eigenvalue weighted by Crippen LogP contribution is -2.28. The molecule has 0 aromatic carbocycles. The van der Waals surface area contributed by atoms with Crippen LogP contribution in [0.15, 0.2) is 30.6 Å². The maximum absolute atomic E-state index is 12.0. The van der Waals surface area contributed by atoms with E-state index in [4.69, 9.17) is 4.74 Å². The van der Waals surface area contributed by atoms with Gasteiger partial charge in [0.1, 0.15) is 6.10 Å². The highest BCUT2D eigenvalue weighted by Crippen LogP contribution is 2.29. The minimum atomic E-state index is -0.466. The minimum Gasteiger partial charge on any atom is -0.368 e. The van der Waals surface area contributed by atoms with Crippen molar-refractivity contribution in [2.45, 2.75) is 25.9 Å². The summed E-state index contributed by atoms with van der Waals surface area (Å²) in [6, 6.07) is 5.54. The Morgan fingerprint density at radius 1 is 1.48 bits per heavy atom. The van der Waals surface area contributed by atoms with E-state index < -0.39 is 6.10 Å². The fourth-order valence-electron chi connectivity index (χ4n) is 1.93. The van der Waals surface area contributed by atoms with E-state index in [0.717, 1.165) is 11.3 Å². The molecule has 0 saturated heterocycles. The van der Waals surface area contributed by atoms with Gasteiger partial charge in [-0.15, -0.1) is 0 Å². The second kappa shape index (κ2) is 6.05. The Balaban J connectivity index is 1.57. The Kier molecular flexibility index (Phi) is 3.96. The zero-order valence-electron chi connectivity index (χ0n) is 11.9. The highest BCUT2D eigenvalue weighted by molar-refractivity contribution is 5.93. The topological polar surface area (TPSA) is 79.9 Å². The zero-order chi connectivity index (χ0) is 14.7. The summed E-state index contributed by atoms with van der Waals surface area (Å²) in [6.45, 7) is 2.42. The van der Waals surface area contributed by atoms with Gasteiger partial charge >= 0.3 is 0 Å². The van der Waals surface area contributed by atoms with Gasteiger partial charge in [-0.3, -0.25) is 14.9 Å². The predicted molar refractivity (Wildman–Crippen MR) is 78.6 cm³/mol. The van der Waals surface area contributed by atoms with Gasteiger partial charge in [0.15, 0.2) is 5.82 Å². The van der Waals surface area contributed by atoms with Crippen molar-refractivity contribution in [2.75, 3.05) is 11.9 Å². The fraction of sp³-hybridized carbons (Fsp3) is 0.400. The molecule has 0 bridgehead atoms. The molecule has 0 radical (unpaired) electrons. The molecule has 0 unspecified atom stereocenters. The van der Waals surface area contributed by atoms with Crippen LogP contribution in [0.4, 0.5) is 5.82 Å². The van der Waals surface area contributed by atoms with Gasteiger partial charge in [0.25, 0.3) is 5.91 Å². The molecule has 2 aromatic rings. The number of hydrogen-bond acceptors (Lipinski definition) is 4. The van der Waals surface area contributed by atoms with Crippen molar-refractivity contribution in [3.8, 4) is 11.3 Å². The fourth-order valence-corrected chi connectivity index (χ4v) is 1.93. The normalized spacial score (nSPS) is 15.7. The van der Waals surface area contributed by atoms with E-state index in [2.05, 4.69) is 20.5 Å². The standard InChI is InChI=1S/C15H18N4O2/c1-10(21-9-11-2-3-11)15(20)17-14-8-13(18-19-14)12-4-6-16-7-5-12/h4-8,10-11H,2-3,9H2,1H3,(H2,17,18,19,20)/t10-/m0/s1. The number of carbonyl (C=O) groups excluding carboxylic acids is 1. The van der Waals surface area contributed by atoms with Crippen molar-refractivity contribution < 1.29 is 9.53 Å². The first-order chi connectivity index (χ1) is 10.2. The summed E-state index contributed by atoms with van der Waals surface area (Å²) in [5, 5.41) is 9.74. The summed E-state index contributed by atoms with van der Waals surface area (Å²) in [5.41, 5.74) is 1.80. The summed E-state index contributed by atoms with van der Waals surface area (Å²) in [6.07, 6.45) is 5.38. The van der Waals surface area contributed by atoms with Gasteiger partial charge in [-0.05, 0) is 37.8 Å². The Labute approximate surface area is 122 Å². The number of rotatable bonds is 6. The van der Waals surface area contributed by atoms with E-state index in [0.29, 0.717) is 18.3 Å². The molecule has 1 saturated carbocycles. The molecule has 2 N–H and O–H groups in total. The predicted octanol–water partition coefficient (Wildman–Crippen LogP) is 2.23. The van der Waals surface area contributed by atoms with E-state index >= 15 is 0 Å². The molecular weight excluding hydrogens is 268 g/mol. The summed E-state index contributed by atoms with van der Waals surface area (Å²) in [4.78, 5) is 16.0. The molecule has 1 aliphatic rings. The largest absolute Gasteiger partial charge is 0.368 e. The lowest BCUT2D eigenvalue weighted by Gasteiger charge is -2.11. The average molecular weight is 286 g/mol. The second-order valence-corrected chi connectivity index (χ2v) is 5.31. The number of hydrogen-bond donors (Lipinski definition) is 2. The van der Waals surface area contributed by atoms with Crippen LogP contribution in [0.25, 0.3) is 11.3 Å². The van der Waals surface area contributed by atoms with Gasteiger partial charge in [0.2, 0.25) is 0 Å². The van der Waals surface area contributed by atoms with Crippen LogP contribution in [0.3, 0.4) is 0 Å². The monoisotopic (exact) mass is 286 g/mol. The number of carbonyl (C=O) groups is 1. The highest BCUT2D eigenvalue weighted by Gasteiger charge is 2.24. The van der Waals surface area contributed by atoms with Gasteiger partial charge in [0, 0.05) is 24.0 Å². The number of ether oxygens (including phenoxy) is 1. The average Bonchev–Trinajstić information content (AvgIpc) is 3.23. The zero-order valence-corrected chi connectivity index (χ0v) is 11.9. The Morgan fingerprint density at radius 3 is 2.95 bits per heavy atom. The molecule has 3 rings (SSSR count). The van der Waals surface area contributed by atoms with Crippen molar-refractivity contribution >= 4 is 11.7 Å². The molecule has 1 fully saturated rings. The summed E-state index contributed by atoms with van der Waals surface area (Å²) in [5.74, 6) is 0.959. The number of aromatic amines is 1. The van der Waals surface area contributed by atoms with Crippen LogP contribution >= 0.6 is 0 Å². The number of amides is 1. The molecule has 1 atom stereocenters. The maximum Gasteiger partial charge on any atom is 0.254 e. The van der Waals surface area contributed by atoms with Crippen molar-refractivity contribution in [1.82, 2.24) is 15.2 Å². The maximum atomic E-state index is 12.0. The molecule has 1 aliphatic carbocycles. The summed E-state index contributed by atoms with van der Waals surface area (Å²) in [7, 11) is 0. The number of H-pyrrole nitrogens is 1. The number of aromatic nitrogens is 3. The first-order valence-electron chi connectivity index (χ1n) is 7.10. The van der Waals surface area contributed by atoms with Crippen LogP contribution in [0, 0.1) is 5.92 Å². The summed E-state index contributed by atoms with van der Waals surface area (Å²) >= 11 is 0. The Morgan fingerprint density at radius 2 is 2.24 bits per heavy atom. The molecule has 1 amide bonds. The number of anilines is 1. The van der Waals surface area contributed by atoms with Crippen molar-refractivity contribution in [1.29, 1.82) is 0 Å². The molecule has 6 nitrogen and oxygen atoms in total. The van der Waals surface area contributed by atoms with E-state index in [1.807, 2.05) is 12.1 Å². The molecular formula is C15H18N4O2. The van der Waals surface area contributed by atoms with Crippen LogP contribution in [-0.2, 0) is 9.53 Å². The van der Waals surface area contributed by atoms with Crippen molar-refractivity contribution in [2.24, 2.45) is 5.92 Å². The van der Waals surface area contributed by atoms with Gasteiger partial charge < -0.3 is 10.1 Å². The number of nitrogens with zero attached hydrogens (tertiary/aromatic N) is 2. The minimum absolute atomic E-state index is 0.177. The smallest absolute Gasteiger partial charge is 0.254 e. The van der Waals surface area contributed by atoms with Crippen LogP contribution < -0.4 is 5.32 Å². The molecule has 2 aromatic heterocycles. The second-order valence-electron chi connectivity index (χ2n) is 5.31. The Bertz CT molecular complexity index is 607. The van der Waals surface area contributed by atoms with Crippen LogP contribution in [0.1, 0.15) is 19.8 Å². The molecule has 21 heavy (non-hydrogen) atoms. The Hall–Kier alpha value is -2.21. The van der Waals surface area contributed by atoms with Gasteiger partial charge in [0.05, 0.1) is 12.3 Å². The molecule has 2 heterocycles. The van der Waals surface area contributed by atoms with E-state index in [1.54, 1.807) is 25.4 Å². The van der Waals surface area contributed by atoms with Gasteiger partial charge in [-0.2, -0.15) is 5.10 Å². The first-order valence-corrected chi connectivity index (χ1v) is 7.10. The first kappa shape index (κ1) is 13.8. The highest BCUT2D eigenvalue weighted by atomic mass is 16.5. The SMILES string of the molecule is C[C@H](OCC1CC1)C(=O)Nc1cc(-c2ccncc2)[nH]n1. The summed E-state index contributed by atoms with van der Waals surface area (Å²) < 4.78 is 5.53. The van der Waals surface area contributed by atoms with E-state index in [-0.39, 0.29) is 5.91 Å². The third kappa shape index (κ3) is 3.66. The van der Waals surface area contributed by atoms with Crippen LogP contribution in [-0.4, -0.2) is 33.8 Å². The lowest BCUT2D eigenvalue weighted by atomic mass is 10.2. The number of nitrogens with one attached hydrogen (secondary N) is 2. The number of pyridine rings is 1. The van der Waals surface area contributed by atoms with Gasteiger partial charge in [-0.25, -0.2) is 0 Å². The third-order valence-corrected chi connectivity index (χ3v) is 3.47. The van der Waals surface area contributed by atoms with E-state index in [1.165, 1.54) is 12.8 Å². The van der Waals surface area contributed by atoms with Crippen LogP contribution in [0.5, 0.6) is 0 Å². The van der Waals surface area contributed by atoms with Crippen molar-refractivity contribution in [3.63, 3.8) is 0 Å². The van der Waals surface area contributed by atoms with E-state index in [9.17, 15) is 4.79 Å². The van der Waals surface area contributed by atoms with Crippen LogP contribution in [0.2, 0.25) is 0 Å². The lowest BCUT2D eigenvalue weighted by molar-refractivity contribution is -0.126. The molecule has 6 heteroatoms. The third-order valence-electron chi connectivity index (χ3n) is 3.47. The molecule has 0 spiro atoms. The quantitative estimate of drug-likeness (QED) is 0.853. The van der Waals surface area contributed by atoms with Crippen molar-refractivity contribution in [3.05, 3.63) is 30.6 Å².